The molecule has 0 bridgehead atoms. The summed E-state index contributed by atoms with van der Waals surface area (Å²) in [6.45, 7) is 8.19. The molecule has 3 atom stereocenters. The van der Waals surface area contributed by atoms with Crippen molar-refractivity contribution in [3.63, 3.8) is 0 Å². The van der Waals surface area contributed by atoms with Gasteiger partial charge in [0, 0.05) is 36.5 Å². The highest BCUT2D eigenvalue weighted by atomic mass is 79.9. The number of nitrogens with zero attached hydrogens (tertiary/aromatic N) is 5. The van der Waals surface area contributed by atoms with Gasteiger partial charge in [0.2, 0.25) is 0 Å². The quantitative estimate of drug-likeness (QED) is 0.468. The Morgan fingerprint density at radius 1 is 1.24 bits per heavy atom. The summed E-state index contributed by atoms with van der Waals surface area (Å²) in [7, 11) is 0.0782. The van der Waals surface area contributed by atoms with E-state index in [1.165, 1.54) is 0 Å². The van der Waals surface area contributed by atoms with E-state index in [9.17, 15) is 5.11 Å². The fourth-order valence-electron chi connectivity index (χ4n) is 5.31. The number of aliphatic hydroxyl groups excluding tert-OH is 1. The number of methoxy groups -OCH3 is 1. The van der Waals surface area contributed by atoms with E-state index < -0.39 is 14.2 Å². The van der Waals surface area contributed by atoms with Crippen LogP contribution in [0.1, 0.15) is 30.0 Å². The number of pyridine rings is 1. The maximum absolute atomic E-state index is 11.2. The van der Waals surface area contributed by atoms with E-state index in [1.54, 1.807) is 13.3 Å². The first kappa shape index (κ1) is 23.8. The van der Waals surface area contributed by atoms with E-state index >= 15 is 0 Å². The summed E-state index contributed by atoms with van der Waals surface area (Å²) in [6.07, 6.45) is 4.59. The Bertz CT molecular complexity index is 1220. The Labute approximate surface area is 214 Å². The summed E-state index contributed by atoms with van der Waals surface area (Å²) in [4.78, 5) is 7.05. The lowest BCUT2D eigenvalue weighted by Gasteiger charge is -2.26. The number of anilines is 1. The Morgan fingerprint density at radius 2 is 1.97 bits per heavy atom. The predicted molar refractivity (Wildman–Crippen MR) is 140 cm³/mol. The average molecular weight is 563 g/mol. The smallest absolute Gasteiger partial charge is 0.134 e. The van der Waals surface area contributed by atoms with Crippen LogP contribution >= 0.6 is 27.5 Å². The third kappa shape index (κ3) is 4.06. The summed E-state index contributed by atoms with van der Waals surface area (Å²) in [5, 5.41) is 21.8. The number of hydrogen-bond acceptors (Lipinski definition) is 6. The molecule has 1 aliphatic carbocycles. The first-order valence-corrected chi connectivity index (χ1v) is 16.1. The molecule has 1 saturated carbocycles. The zero-order valence-electron chi connectivity index (χ0n) is 19.8. The monoisotopic (exact) mass is 561 g/mol. The molecule has 3 heterocycles. The minimum absolute atomic E-state index is 0.151. The van der Waals surface area contributed by atoms with Crippen molar-refractivity contribution in [2.24, 2.45) is 0 Å². The molecule has 1 aliphatic heterocycles. The fourth-order valence-corrected chi connectivity index (χ4v) is 6.81. The maximum atomic E-state index is 11.2. The van der Waals surface area contributed by atoms with E-state index in [0.29, 0.717) is 18.0 Å². The normalized spacial score (nSPS) is 24.1. The SMILES string of the molecule is COc1ccc(CN2CC3(CC(O)C(n4cc([Si](C)(C)C)nn4)C3)c3c2ncc(Br)c3Cl)cc1. The summed E-state index contributed by atoms with van der Waals surface area (Å²) >= 11 is 10.5. The highest BCUT2D eigenvalue weighted by Gasteiger charge is 2.54. The van der Waals surface area contributed by atoms with Gasteiger partial charge in [0.25, 0.3) is 0 Å². The zero-order chi connectivity index (χ0) is 24.3. The molecule has 3 unspecified atom stereocenters. The van der Waals surface area contributed by atoms with Crippen molar-refractivity contribution in [2.45, 2.75) is 56.6 Å². The lowest BCUT2D eigenvalue weighted by molar-refractivity contribution is 0.127. The van der Waals surface area contributed by atoms with Crippen molar-refractivity contribution in [2.75, 3.05) is 18.6 Å². The zero-order valence-corrected chi connectivity index (χ0v) is 23.1. The van der Waals surface area contributed by atoms with E-state index in [-0.39, 0.29) is 11.5 Å². The van der Waals surface area contributed by atoms with Crippen LogP contribution in [0.25, 0.3) is 0 Å². The highest BCUT2D eigenvalue weighted by Crippen LogP contribution is 2.56. The van der Waals surface area contributed by atoms with Crippen LogP contribution in [0.3, 0.4) is 0 Å². The van der Waals surface area contributed by atoms with Gasteiger partial charge in [-0.2, -0.15) is 0 Å². The number of aliphatic hydroxyl groups is 1. The van der Waals surface area contributed by atoms with Gasteiger partial charge in [-0.1, -0.05) is 48.6 Å². The minimum atomic E-state index is -1.59. The average Bonchev–Trinajstić information content (AvgIpc) is 3.48. The van der Waals surface area contributed by atoms with Crippen LogP contribution in [0.15, 0.2) is 41.1 Å². The van der Waals surface area contributed by atoms with Gasteiger partial charge in [0.05, 0.1) is 34.1 Å². The van der Waals surface area contributed by atoms with Gasteiger partial charge < -0.3 is 14.7 Å². The molecule has 1 fully saturated rings. The first-order chi connectivity index (χ1) is 16.1. The van der Waals surface area contributed by atoms with Crippen molar-refractivity contribution in [1.82, 2.24) is 20.0 Å². The fraction of sp³-hybridized carbons (Fsp3) is 0.458. The van der Waals surface area contributed by atoms with E-state index in [1.807, 2.05) is 23.0 Å². The van der Waals surface area contributed by atoms with E-state index in [2.05, 4.69) is 62.9 Å². The molecule has 5 rings (SSSR count). The molecule has 2 aliphatic rings. The number of aromatic nitrogens is 4. The summed E-state index contributed by atoms with van der Waals surface area (Å²) in [5.74, 6) is 1.72. The number of benzene rings is 1. The Morgan fingerprint density at radius 3 is 2.62 bits per heavy atom. The van der Waals surface area contributed by atoms with Crippen LogP contribution in [0.5, 0.6) is 5.75 Å². The second-order valence-corrected chi connectivity index (χ2v) is 16.7. The van der Waals surface area contributed by atoms with Gasteiger partial charge >= 0.3 is 0 Å². The molecule has 2 aromatic heterocycles. The molecule has 3 aromatic rings. The third-order valence-electron chi connectivity index (χ3n) is 7.07. The van der Waals surface area contributed by atoms with Crippen LogP contribution in [0.4, 0.5) is 5.82 Å². The maximum Gasteiger partial charge on any atom is 0.134 e. The number of rotatable bonds is 5. The second-order valence-electron chi connectivity index (χ2n) is 10.5. The number of halogens is 2. The standard InChI is InChI=1S/C24H29BrClN5O2Si/c1-33-16-7-5-15(6-8-16)12-30-14-24(21-22(26)17(25)11-27-23(21)30)9-18(19(32)10-24)31-13-20(28-29-31)34(2,3)4/h5-8,11,13,18-19,32H,9-10,12,14H2,1-4H3. The molecule has 34 heavy (non-hydrogen) atoms. The number of ether oxygens (including phenoxy) is 1. The number of fused-ring (bicyclic) bond motifs is 2. The van der Waals surface area contributed by atoms with Gasteiger partial charge in [0.15, 0.2) is 0 Å². The van der Waals surface area contributed by atoms with Gasteiger partial charge in [-0.25, -0.2) is 9.67 Å². The van der Waals surface area contributed by atoms with Crippen molar-refractivity contribution in [3.05, 3.63) is 57.3 Å². The Kier molecular flexibility index (Phi) is 6.03. The van der Waals surface area contributed by atoms with Crippen LogP contribution in [-0.2, 0) is 12.0 Å². The molecule has 1 spiro atoms. The molecular weight excluding hydrogens is 534 g/mol. The molecule has 0 amide bonds. The first-order valence-electron chi connectivity index (χ1n) is 11.4. The van der Waals surface area contributed by atoms with Crippen molar-refractivity contribution in [3.8, 4) is 5.75 Å². The van der Waals surface area contributed by atoms with Gasteiger partial charge in [-0.05, 0) is 46.5 Å². The summed E-state index contributed by atoms with van der Waals surface area (Å²) < 4.78 is 7.95. The molecule has 0 radical (unpaired) electrons. The van der Waals surface area contributed by atoms with Gasteiger partial charge in [-0.15, -0.1) is 5.10 Å². The van der Waals surface area contributed by atoms with Crippen LogP contribution < -0.4 is 15.0 Å². The Hall–Kier alpha value is -1.94. The molecule has 180 valence electrons. The van der Waals surface area contributed by atoms with Crippen molar-refractivity contribution >= 4 is 46.7 Å². The highest BCUT2D eigenvalue weighted by molar-refractivity contribution is 9.10. The Balaban J connectivity index is 1.49. The van der Waals surface area contributed by atoms with Crippen molar-refractivity contribution in [1.29, 1.82) is 0 Å². The minimum Gasteiger partial charge on any atom is -0.497 e. The van der Waals surface area contributed by atoms with Gasteiger partial charge in [-0.3, -0.25) is 0 Å². The van der Waals surface area contributed by atoms with Crippen LogP contribution in [0, 0.1) is 0 Å². The largest absolute Gasteiger partial charge is 0.497 e. The van der Waals surface area contributed by atoms with Crippen molar-refractivity contribution < 1.29 is 9.84 Å². The molecule has 1 aromatic carbocycles. The third-order valence-corrected chi connectivity index (χ3v) is 10.1. The molecule has 10 heteroatoms. The van der Waals surface area contributed by atoms with Gasteiger partial charge in [0.1, 0.15) is 19.6 Å². The number of hydrogen-bond donors (Lipinski definition) is 1. The molecule has 1 N–H and O–H groups in total. The summed E-state index contributed by atoms with van der Waals surface area (Å²) in [5.41, 5.74) is 1.87. The van der Waals surface area contributed by atoms with E-state index in [4.69, 9.17) is 21.3 Å². The summed E-state index contributed by atoms with van der Waals surface area (Å²) in [6, 6.07) is 7.94. The predicted octanol–water partition coefficient (Wildman–Crippen LogP) is 4.30. The molecule has 0 saturated heterocycles. The van der Waals surface area contributed by atoms with Crippen LogP contribution in [-0.4, -0.2) is 52.9 Å². The lowest BCUT2D eigenvalue weighted by atomic mass is 9.81. The molecular formula is C24H29BrClN5O2Si. The molecule has 7 nitrogen and oxygen atoms in total. The topological polar surface area (TPSA) is 76.3 Å². The lowest BCUT2D eigenvalue weighted by Crippen LogP contribution is -2.38. The second kappa shape index (κ2) is 8.62. The van der Waals surface area contributed by atoms with Crippen LogP contribution in [0.2, 0.25) is 24.7 Å². The van der Waals surface area contributed by atoms with E-state index in [0.717, 1.165) is 45.4 Å².